The minimum Gasteiger partial charge on any atom is -0.329 e. The molecule has 0 fully saturated rings. The minimum absolute atomic E-state index is 0.0866. The van der Waals surface area contributed by atoms with Crippen molar-refractivity contribution < 1.29 is 0 Å². The van der Waals surface area contributed by atoms with Crippen LogP contribution >= 0.6 is 0 Å². The summed E-state index contributed by atoms with van der Waals surface area (Å²) in [6.45, 7) is 5.99. The Bertz CT molecular complexity index is 280. The van der Waals surface area contributed by atoms with Crippen LogP contribution in [-0.4, -0.2) is 29.0 Å². The first-order valence-corrected chi connectivity index (χ1v) is 5.42. The fourth-order valence-electron chi connectivity index (χ4n) is 1.52. The molecule has 1 aromatic heterocycles. The molecule has 0 saturated heterocycles. The number of hydrogen-bond donors (Lipinski definition) is 1. The maximum atomic E-state index is 5.82. The molecule has 0 bridgehead atoms. The second-order valence-electron chi connectivity index (χ2n) is 4.27. The Morgan fingerprint density at radius 1 is 1.40 bits per heavy atom. The van der Waals surface area contributed by atoms with Gasteiger partial charge in [0.25, 0.3) is 0 Å². The molecule has 1 heterocycles. The number of likely N-dealkylation sites (N-methyl/N-ethyl adjacent to an activating group) is 1. The Labute approximate surface area is 92.3 Å². The van der Waals surface area contributed by atoms with Gasteiger partial charge in [0.2, 0.25) is 0 Å². The van der Waals surface area contributed by atoms with E-state index in [1.54, 1.807) is 0 Å². The van der Waals surface area contributed by atoms with E-state index in [0.29, 0.717) is 6.54 Å². The fourth-order valence-corrected chi connectivity index (χ4v) is 1.52. The zero-order valence-electron chi connectivity index (χ0n) is 9.90. The van der Waals surface area contributed by atoms with Crippen molar-refractivity contribution in [3.8, 4) is 0 Å². The van der Waals surface area contributed by atoms with E-state index in [4.69, 9.17) is 5.73 Å². The number of hydrogen-bond acceptors (Lipinski definition) is 3. The van der Waals surface area contributed by atoms with Crippen LogP contribution in [-0.2, 0) is 6.54 Å². The summed E-state index contributed by atoms with van der Waals surface area (Å²) in [6, 6.07) is 4.09. The highest BCUT2D eigenvalue weighted by Crippen LogP contribution is 2.18. The van der Waals surface area contributed by atoms with Gasteiger partial charge in [-0.3, -0.25) is 9.88 Å². The third-order valence-corrected chi connectivity index (χ3v) is 3.29. The average molecular weight is 207 g/mol. The SMILES string of the molecule is CCC(C)(CN)N(C)Cc1ccncc1. The van der Waals surface area contributed by atoms with Crippen LogP contribution in [0.1, 0.15) is 25.8 Å². The van der Waals surface area contributed by atoms with E-state index in [-0.39, 0.29) is 5.54 Å². The number of rotatable bonds is 5. The van der Waals surface area contributed by atoms with Gasteiger partial charge >= 0.3 is 0 Å². The van der Waals surface area contributed by atoms with Gasteiger partial charge in [-0.25, -0.2) is 0 Å². The van der Waals surface area contributed by atoms with E-state index in [2.05, 4.69) is 30.8 Å². The van der Waals surface area contributed by atoms with Gasteiger partial charge in [-0.2, -0.15) is 0 Å². The lowest BCUT2D eigenvalue weighted by molar-refractivity contribution is 0.131. The standard InChI is InChI=1S/C12H21N3/c1-4-12(2,10-13)15(3)9-11-5-7-14-8-6-11/h5-8H,4,9-10,13H2,1-3H3. The Morgan fingerprint density at radius 3 is 2.47 bits per heavy atom. The maximum Gasteiger partial charge on any atom is 0.0301 e. The van der Waals surface area contributed by atoms with Crippen LogP contribution in [0, 0.1) is 0 Å². The topological polar surface area (TPSA) is 42.1 Å². The zero-order chi connectivity index (χ0) is 11.3. The molecule has 0 aromatic carbocycles. The highest BCUT2D eigenvalue weighted by molar-refractivity contribution is 5.10. The van der Waals surface area contributed by atoms with Crippen LogP contribution in [0.4, 0.5) is 0 Å². The molecule has 3 nitrogen and oxygen atoms in total. The first kappa shape index (κ1) is 12.1. The molecule has 0 saturated carbocycles. The quantitative estimate of drug-likeness (QED) is 0.798. The Hall–Kier alpha value is -0.930. The number of nitrogens with zero attached hydrogens (tertiary/aromatic N) is 2. The summed E-state index contributed by atoms with van der Waals surface area (Å²) in [5.74, 6) is 0. The van der Waals surface area contributed by atoms with Crippen molar-refractivity contribution in [3.63, 3.8) is 0 Å². The van der Waals surface area contributed by atoms with Gasteiger partial charge in [-0.1, -0.05) is 6.92 Å². The van der Waals surface area contributed by atoms with Crippen molar-refractivity contribution in [1.82, 2.24) is 9.88 Å². The van der Waals surface area contributed by atoms with Gasteiger partial charge < -0.3 is 5.73 Å². The van der Waals surface area contributed by atoms with Gasteiger partial charge in [-0.05, 0) is 38.1 Å². The largest absolute Gasteiger partial charge is 0.329 e. The molecule has 1 rings (SSSR count). The molecular formula is C12H21N3. The minimum atomic E-state index is 0.0866. The van der Waals surface area contributed by atoms with E-state index in [9.17, 15) is 0 Å². The molecule has 0 aliphatic heterocycles. The van der Waals surface area contributed by atoms with E-state index in [0.717, 1.165) is 13.0 Å². The van der Waals surface area contributed by atoms with Crippen molar-refractivity contribution >= 4 is 0 Å². The lowest BCUT2D eigenvalue weighted by Gasteiger charge is -2.37. The van der Waals surface area contributed by atoms with Crippen LogP contribution in [0.3, 0.4) is 0 Å². The van der Waals surface area contributed by atoms with E-state index in [1.807, 2.05) is 24.5 Å². The van der Waals surface area contributed by atoms with Crippen molar-refractivity contribution in [2.45, 2.75) is 32.4 Å². The molecule has 15 heavy (non-hydrogen) atoms. The maximum absolute atomic E-state index is 5.82. The third-order valence-electron chi connectivity index (χ3n) is 3.29. The van der Waals surface area contributed by atoms with Crippen molar-refractivity contribution in [2.75, 3.05) is 13.6 Å². The van der Waals surface area contributed by atoms with E-state index in [1.165, 1.54) is 5.56 Å². The van der Waals surface area contributed by atoms with Gasteiger partial charge in [0.15, 0.2) is 0 Å². The third kappa shape index (κ3) is 3.01. The molecular weight excluding hydrogens is 186 g/mol. The Morgan fingerprint density at radius 2 is 2.00 bits per heavy atom. The van der Waals surface area contributed by atoms with E-state index >= 15 is 0 Å². The fraction of sp³-hybridized carbons (Fsp3) is 0.583. The smallest absolute Gasteiger partial charge is 0.0301 e. The summed E-state index contributed by atoms with van der Waals surface area (Å²) in [5.41, 5.74) is 7.18. The van der Waals surface area contributed by atoms with Crippen molar-refractivity contribution in [3.05, 3.63) is 30.1 Å². The first-order chi connectivity index (χ1) is 7.12. The number of nitrogens with two attached hydrogens (primary N) is 1. The summed E-state index contributed by atoms with van der Waals surface area (Å²) < 4.78 is 0. The molecule has 1 aromatic rings. The van der Waals surface area contributed by atoms with E-state index < -0.39 is 0 Å². The van der Waals surface area contributed by atoms with Gasteiger partial charge in [-0.15, -0.1) is 0 Å². The molecule has 3 heteroatoms. The number of aromatic nitrogens is 1. The second-order valence-corrected chi connectivity index (χ2v) is 4.27. The van der Waals surface area contributed by atoms with Crippen LogP contribution < -0.4 is 5.73 Å². The molecule has 84 valence electrons. The Kier molecular flexibility index (Phi) is 4.24. The van der Waals surface area contributed by atoms with Crippen LogP contribution in [0.5, 0.6) is 0 Å². The average Bonchev–Trinajstić information content (AvgIpc) is 2.29. The molecule has 1 atom stereocenters. The molecule has 2 N–H and O–H groups in total. The lowest BCUT2D eigenvalue weighted by atomic mass is 9.96. The van der Waals surface area contributed by atoms with Gasteiger partial charge in [0.1, 0.15) is 0 Å². The first-order valence-electron chi connectivity index (χ1n) is 5.42. The molecule has 0 spiro atoms. The molecule has 0 aliphatic carbocycles. The predicted octanol–water partition coefficient (Wildman–Crippen LogP) is 1.64. The summed E-state index contributed by atoms with van der Waals surface area (Å²) in [6.07, 6.45) is 4.72. The van der Waals surface area contributed by atoms with Crippen LogP contribution in [0.15, 0.2) is 24.5 Å². The highest BCUT2D eigenvalue weighted by atomic mass is 15.2. The van der Waals surface area contributed by atoms with Crippen molar-refractivity contribution in [2.24, 2.45) is 5.73 Å². The predicted molar refractivity (Wildman–Crippen MR) is 63.5 cm³/mol. The van der Waals surface area contributed by atoms with Gasteiger partial charge in [0.05, 0.1) is 0 Å². The monoisotopic (exact) mass is 207 g/mol. The molecule has 0 radical (unpaired) electrons. The summed E-state index contributed by atoms with van der Waals surface area (Å²) >= 11 is 0. The molecule has 0 amide bonds. The summed E-state index contributed by atoms with van der Waals surface area (Å²) in [5, 5.41) is 0. The van der Waals surface area contributed by atoms with Gasteiger partial charge in [0, 0.05) is 31.0 Å². The normalized spacial score (nSPS) is 15.3. The molecule has 0 aliphatic rings. The van der Waals surface area contributed by atoms with Crippen LogP contribution in [0.25, 0.3) is 0 Å². The second kappa shape index (κ2) is 5.24. The lowest BCUT2D eigenvalue weighted by Crippen LogP contribution is -2.48. The Balaban J connectivity index is 2.66. The summed E-state index contributed by atoms with van der Waals surface area (Å²) in [4.78, 5) is 6.32. The zero-order valence-corrected chi connectivity index (χ0v) is 9.90. The summed E-state index contributed by atoms with van der Waals surface area (Å²) in [7, 11) is 2.12. The molecule has 1 unspecified atom stereocenters. The number of pyridine rings is 1. The van der Waals surface area contributed by atoms with Crippen molar-refractivity contribution in [1.29, 1.82) is 0 Å². The highest BCUT2D eigenvalue weighted by Gasteiger charge is 2.25. The van der Waals surface area contributed by atoms with Crippen LogP contribution in [0.2, 0.25) is 0 Å².